The van der Waals surface area contributed by atoms with Crippen LogP contribution in [0.3, 0.4) is 0 Å². The number of carbonyl (C=O) groups is 1. The summed E-state index contributed by atoms with van der Waals surface area (Å²) in [5.41, 5.74) is 10.4. The second kappa shape index (κ2) is 9.63. The molecule has 8 nitrogen and oxygen atoms in total. The van der Waals surface area contributed by atoms with Gasteiger partial charge in [-0.1, -0.05) is 29.8 Å². The summed E-state index contributed by atoms with van der Waals surface area (Å²) >= 11 is 1.38. The Kier molecular flexibility index (Phi) is 6.38. The Labute approximate surface area is 213 Å². The number of fused-ring (bicyclic) bond motifs is 1. The topological polar surface area (TPSA) is 117 Å². The van der Waals surface area contributed by atoms with E-state index in [1.165, 1.54) is 11.3 Å². The molecule has 0 aliphatic carbocycles. The number of rotatable bonds is 6. The molecule has 0 bridgehead atoms. The zero-order valence-electron chi connectivity index (χ0n) is 19.6. The minimum absolute atomic E-state index is 0.223. The molecule has 1 aromatic heterocycles. The highest BCUT2D eigenvalue weighted by Crippen LogP contribution is 2.30. The average Bonchev–Trinajstić information content (AvgIpc) is 3.30. The number of para-hydroxylation sites is 2. The summed E-state index contributed by atoms with van der Waals surface area (Å²) in [7, 11) is -3.65. The van der Waals surface area contributed by atoms with Crippen LogP contribution in [0.2, 0.25) is 0 Å². The van der Waals surface area contributed by atoms with E-state index in [4.69, 9.17) is 5.73 Å². The van der Waals surface area contributed by atoms with Gasteiger partial charge in [0.2, 0.25) is 0 Å². The fourth-order valence-electron chi connectivity index (χ4n) is 3.97. The molecule has 3 aromatic carbocycles. The van der Waals surface area contributed by atoms with E-state index in [1.54, 1.807) is 48.5 Å². The first kappa shape index (κ1) is 23.8. The van der Waals surface area contributed by atoms with Crippen LogP contribution in [0.5, 0.6) is 0 Å². The van der Waals surface area contributed by atoms with Gasteiger partial charge in [0, 0.05) is 29.2 Å². The van der Waals surface area contributed by atoms with Crippen LogP contribution in [0, 0.1) is 6.92 Å². The van der Waals surface area contributed by atoms with Crippen molar-refractivity contribution in [3.8, 4) is 0 Å². The van der Waals surface area contributed by atoms with Crippen molar-refractivity contribution in [2.45, 2.75) is 24.8 Å². The van der Waals surface area contributed by atoms with Gasteiger partial charge < -0.3 is 16.0 Å². The summed E-state index contributed by atoms with van der Waals surface area (Å²) in [4.78, 5) is 20.7. The van der Waals surface area contributed by atoms with Crippen molar-refractivity contribution in [1.29, 1.82) is 0 Å². The first-order valence-electron chi connectivity index (χ1n) is 11.4. The fraction of sp³-hybridized carbons (Fsp3) is 0.154. The summed E-state index contributed by atoms with van der Waals surface area (Å²) in [6.45, 7) is 3.29. The second-order valence-electron chi connectivity index (χ2n) is 8.57. The molecule has 10 heteroatoms. The van der Waals surface area contributed by atoms with Crippen LogP contribution in [-0.2, 0) is 23.0 Å². The monoisotopic (exact) mass is 519 g/mol. The lowest BCUT2D eigenvalue weighted by molar-refractivity contribution is 0.102. The van der Waals surface area contributed by atoms with Crippen molar-refractivity contribution in [2.24, 2.45) is 0 Å². The Balaban J connectivity index is 1.26. The number of carbonyl (C=O) groups excluding carboxylic acids is 1. The molecule has 5 rings (SSSR count). The molecular formula is C26H25N5O3S2. The molecule has 184 valence electrons. The lowest BCUT2D eigenvalue weighted by Crippen LogP contribution is -2.29. The smallest absolute Gasteiger partial charge is 0.284 e. The van der Waals surface area contributed by atoms with Crippen LogP contribution in [0.15, 0.2) is 77.7 Å². The van der Waals surface area contributed by atoms with Crippen molar-refractivity contribution in [3.63, 3.8) is 0 Å². The van der Waals surface area contributed by atoms with Crippen molar-refractivity contribution in [1.82, 2.24) is 4.98 Å². The van der Waals surface area contributed by atoms with E-state index >= 15 is 0 Å². The molecule has 36 heavy (non-hydrogen) atoms. The number of hydrogen-bond donors (Lipinski definition) is 3. The number of nitrogens with one attached hydrogen (secondary N) is 2. The first-order chi connectivity index (χ1) is 17.3. The van der Waals surface area contributed by atoms with Crippen LogP contribution in [0.25, 0.3) is 0 Å². The number of hydrogen-bond acceptors (Lipinski definition) is 7. The molecule has 1 aliphatic heterocycles. The first-order valence-corrected chi connectivity index (χ1v) is 13.7. The fourth-order valence-corrected chi connectivity index (χ4v) is 6.05. The normalized spacial score (nSPS) is 13.2. The molecule has 4 aromatic rings. The van der Waals surface area contributed by atoms with Gasteiger partial charge in [-0.15, -0.1) is 11.3 Å². The highest BCUT2D eigenvalue weighted by Gasteiger charge is 2.24. The number of aryl methyl sites for hydroxylation is 1. The van der Waals surface area contributed by atoms with E-state index in [9.17, 15) is 13.2 Å². The molecule has 0 saturated heterocycles. The zero-order chi connectivity index (χ0) is 25.3. The van der Waals surface area contributed by atoms with Gasteiger partial charge >= 0.3 is 0 Å². The minimum Gasteiger partial charge on any atom is -0.397 e. The van der Waals surface area contributed by atoms with Crippen LogP contribution >= 0.6 is 11.3 Å². The third-order valence-corrected chi connectivity index (χ3v) is 8.43. The second-order valence-corrected chi connectivity index (χ2v) is 11.3. The number of nitrogen functional groups attached to an aromatic ring is 1. The Morgan fingerprint density at radius 2 is 1.75 bits per heavy atom. The van der Waals surface area contributed by atoms with E-state index in [-0.39, 0.29) is 10.8 Å². The molecule has 1 aliphatic rings. The number of nitrogens with two attached hydrogens (primary N) is 1. The van der Waals surface area contributed by atoms with E-state index in [0.717, 1.165) is 28.4 Å². The molecule has 0 fully saturated rings. The zero-order valence-corrected chi connectivity index (χ0v) is 21.2. The number of aromatic nitrogens is 1. The lowest BCUT2D eigenvalue weighted by atomic mass is 10.1. The number of sulfonamides is 1. The number of amides is 1. The molecule has 0 unspecified atom stereocenters. The van der Waals surface area contributed by atoms with Crippen LogP contribution in [0.1, 0.15) is 25.9 Å². The van der Waals surface area contributed by atoms with E-state index in [0.29, 0.717) is 35.0 Å². The summed E-state index contributed by atoms with van der Waals surface area (Å²) in [6.07, 6.45) is 0.717. The molecule has 0 radical (unpaired) electrons. The predicted octanol–water partition coefficient (Wildman–Crippen LogP) is 4.65. The highest BCUT2D eigenvalue weighted by atomic mass is 32.2. The SMILES string of the molecule is Cc1ccc(S(=O)(=O)Nc2ccc(N3CCc4nc(C(=O)Nc5ccccc5N)sc4C3)cc2)cc1. The number of anilines is 4. The summed E-state index contributed by atoms with van der Waals surface area (Å²) < 4.78 is 28.0. The van der Waals surface area contributed by atoms with Crippen molar-refractivity contribution in [3.05, 3.63) is 93.9 Å². The summed E-state index contributed by atoms with van der Waals surface area (Å²) in [5, 5.41) is 3.24. The Morgan fingerprint density at radius 1 is 1.03 bits per heavy atom. The molecule has 4 N–H and O–H groups in total. The number of benzene rings is 3. The van der Waals surface area contributed by atoms with E-state index in [2.05, 4.69) is 19.9 Å². The number of thiazole rings is 1. The largest absolute Gasteiger partial charge is 0.397 e. The Bertz CT molecular complexity index is 1510. The maximum atomic E-state index is 12.7. The molecule has 0 atom stereocenters. The maximum absolute atomic E-state index is 12.7. The predicted molar refractivity (Wildman–Crippen MR) is 144 cm³/mol. The molecule has 0 spiro atoms. The van der Waals surface area contributed by atoms with Crippen LogP contribution in [0.4, 0.5) is 22.7 Å². The van der Waals surface area contributed by atoms with Crippen LogP contribution < -0.4 is 20.7 Å². The van der Waals surface area contributed by atoms with Gasteiger partial charge in [-0.05, 0) is 55.5 Å². The van der Waals surface area contributed by atoms with E-state index < -0.39 is 10.0 Å². The van der Waals surface area contributed by atoms with Crippen molar-refractivity contribution >= 4 is 50.0 Å². The third kappa shape index (κ3) is 5.05. The van der Waals surface area contributed by atoms with Gasteiger partial charge in [0.1, 0.15) is 0 Å². The standard InChI is InChI=1S/C26H25N5O3S2/c1-17-6-12-20(13-7-17)36(33,34)30-18-8-10-19(11-9-18)31-15-14-23-24(16-31)35-26(29-23)25(32)28-22-5-3-2-4-21(22)27/h2-13,30H,14-16,27H2,1H3,(H,28,32). The van der Waals surface area contributed by atoms with Crippen molar-refractivity contribution in [2.75, 3.05) is 27.2 Å². The van der Waals surface area contributed by atoms with Gasteiger partial charge in [0.05, 0.1) is 28.5 Å². The maximum Gasteiger partial charge on any atom is 0.284 e. The minimum atomic E-state index is -3.65. The summed E-state index contributed by atoms with van der Waals surface area (Å²) in [6, 6.07) is 21.1. The Hall–Kier alpha value is -3.89. The molecule has 2 heterocycles. The number of nitrogens with zero attached hydrogens (tertiary/aromatic N) is 2. The van der Waals surface area contributed by atoms with E-state index in [1.807, 2.05) is 31.2 Å². The molecule has 0 saturated carbocycles. The lowest BCUT2D eigenvalue weighted by Gasteiger charge is -2.28. The van der Waals surface area contributed by atoms with Gasteiger partial charge in [0.15, 0.2) is 5.01 Å². The van der Waals surface area contributed by atoms with Crippen LogP contribution in [-0.4, -0.2) is 25.9 Å². The molecular weight excluding hydrogens is 494 g/mol. The quantitative estimate of drug-likeness (QED) is 0.319. The Morgan fingerprint density at radius 3 is 2.47 bits per heavy atom. The van der Waals surface area contributed by atoms with Gasteiger partial charge in [0.25, 0.3) is 15.9 Å². The summed E-state index contributed by atoms with van der Waals surface area (Å²) in [5.74, 6) is -0.274. The van der Waals surface area contributed by atoms with Gasteiger partial charge in [-0.2, -0.15) is 0 Å². The molecule has 1 amide bonds. The van der Waals surface area contributed by atoms with Gasteiger partial charge in [-0.3, -0.25) is 9.52 Å². The van der Waals surface area contributed by atoms with Gasteiger partial charge in [-0.25, -0.2) is 13.4 Å². The van der Waals surface area contributed by atoms with Crippen molar-refractivity contribution < 1.29 is 13.2 Å². The third-order valence-electron chi connectivity index (χ3n) is 5.95. The average molecular weight is 520 g/mol. The highest BCUT2D eigenvalue weighted by molar-refractivity contribution is 7.92.